The van der Waals surface area contributed by atoms with Crippen molar-refractivity contribution in [1.82, 2.24) is 4.90 Å². The molecule has 1 aliphatic heterocycles. The van der Waals surface area contributed by atoms with Crippen molar-refractivity contribution >= 4 is 0 Å². The molecule has 78 valence electrons. The molecular weight excluding hydrogens is 164 g/mol. The van der Waals surface area contributed by atoms with Gasteiger partial charge in [-0.3, -0.25) is 4.90 Å². The molecule has 0 saturated carbocycles. The molecule has 0 radical (unpaired) electrons. The summed E-state index contributed by atoms with van der Waals surface area (Å²) in [5.74, 6) is 0. The Morgan fingerprint density at radius 1 is 1.46 bits per heavy atom. The molecule has 1 fully saturated rings. The molecule has 0 spiro atoms. The second-order valence-corrected chi connectivity index (χ2v) is 3.91. The van der Waals surface area contributed by atoms with E-state index >= 15 is 0 Å². The van der Waals surface area contributed by atoms with E-state index in [9.17, 15) is 0 Å². The molecule has 0 aliphatic carbocycles. The van der Waals surface area contributed by atoms with E-state index in [1.54, 1.807) is 0 Å². The van der Waals surface area contributed by atoms with Crippen LogP contribution < -0.4 is 5.73 Å². The van der Waals surface area contributed by atoms with E-state index in [1.807, 2.05) is 0 Å². The van der Waals surface area contributed by atoms with Gasteiger partial charge in [-0.05, 0) is 32.9 Å². The van der Waals surface area contributed by atoms with Gasteiger partial charge in [0.05, 0.1) is 12.2 Å². The van der Waals surface area contributed by atoms with Crippen LogP contribution in [-0.4, -0.2) is 43.3 Å². The predicted octanol–water partition coefficient (Wildman–Crippen LogP) is 0.834. The monoisotopic (exact) mass is 186 g/mol. The maximum absolute atomic E-state index is 5.78. The first kappa shape index (κ1) is 11.0. The Labute approximate surface area is 81.2 Å². The van der Waals surface area contributed by atoms with Gasteiger partial charge in [-0.1, -0.05) is 6.92 Å². The van der Waals surface area contributed by atoms with Crippen LogP contribution in [0.15, 0.2) is 0 Å². The van der Waals surface area contributed by atoms with Gasteiger partial charge in [0, 0.05) is 13.1 Å². The number of morpholine rings is 1. The standard InChI is InChI=1S/C10H22N2O/c1-3-6-12-7-9(2)13-10(8-12)4-5-11/h9-10H,3-8,11H2,1-2H3. The minimum atomic E-state index is 0.361. The van der Waals surface area contributed by atoms with Gasteiger partial charge in [0.25, 0.3) is 0 Å². The first-order valence-electron chi connectivity index (χ1n) is 5.34. The third-order valence-electron chi connectivity index (χ3n) is 2.43. The Hall–Kier alpha value is -0.120. The SMILES string of the molecule is CCCN1CC(C)OC(CCN)C1. The first-order valence-corrected chi connectivity index (χ1v) is 5.34. The average Bonchev–Trinajstić information content (AvgIpc) is 2.04. The fourth-order valence-corrected chi connectivity index (χ4v) is 1.98. The van der Waals surface area contributed by atoms with Gasteiger partial charge in [0.1, 0.15) is 0 Å². The lowest BCUT2D eigenvalue weighted by atomic mass is 10.1. The largest absolute Gasteiger partial charge is 0.373 e. The van der Waals surface area contributed by atoms with E-state index < -0.39 is 0 Å². The van der Waals surface area contributed by atoms with E-state index in [4.69, 9.17) is 10.5 Å². The lowest BCUT2D eigenvalue weighted by Crippen LogP contribution is -2.47. The Morgan fingerprint density at radius 2 is 2.23 bits per heavy atom. The van der Waals surface area contributed by atoms with Crippen molar-refractivity contribution in [2.24, 2.45) is 5.73 Å². The van der Waals surface area contributed by atoms with E-state index in [2.05, 4.69) is 18.7 Å². The summed E-state index contributed by atoms with van der Waals surface area (Å²) in [7, 11) is 0. The van der Waals surface area contributed by atoms with Crippen molar-refractivity contribution in [3.63, 3.8) is 0 Å². The molecule has 1 heterocycles. The number of hydrogen-bond donors (Lipinski definition) is 1. The van der Waals surface area contributed by atoms with Crippen LogP contribution in [0.5, 0.6) is 0 Å². The molecular formula is C10H22N2O. The molecule has 13 heavy (non-hydrogen) atoms. The third kappa shape index (κ3) is 3.63. The number of rotatable bonds is 4. The quantitative estimate of drug-likeness (QED) is 0.707. The lowest BCUT2D eigenvalue weighted by molar-refractivity contribution is -0.0783. The van der Waals surface area contributed by atoms with Gasteiger partial charge in [0.2, 0.25) is 0 Å². The molecule has 0 aromatic heterocycles. The van der Waals surface area contributed by atoms with Crippen molar-refractivity contribution in [3.8, 4) is 0 Å². The second-order valence-electron chi connectivity index (χ2n) is 3.91. The van der Waals surface area contributed by atoms with E-state index in [0.29, 0.717) is 12.2 Å². The molecule has 0 bridgehead atoms. The van der Waals surface area contributed by atoms with Crippen LogP contribution in [0.25, 0.3) is 0 Å². The fourth-order valence-electron chi connectivity index (χ4n) is 1.98. The smallest absolute Gasteiger partial charge is 0.0718 e. The van der Waals surface area contributed by atoms with Gasteiger partial charge < -0.3 is 10.5 Å². The second kappa shape index (κ2) is 5.58. The Bertz CT molecular complexity index is 127. The van der Waals surface area contributed by atoms with Crippen molar-refractivity contribution in [1.29, 1.82) is 0 Å². The zero-order valence-corrected chi connectivity index (χ0v) is 8.83. The summed E-state index contributed by atoms with van der Waals surface area (Å²) in [5, 5.41) is 0. The minimum Gasteiger partial charge on any atom is -0.373 e. The molecule has 1 aliphatic rings. The Kier molecular flexibility index (Phi) is 4.70. The molecule has 3 heteroatoms. The minimum absolute atomic E-state index is 0.361. The highest BCUT2D eigenvalue weighted by Crippen LogP contribution is 2.13. The molecule has 0 amide bonds. The van der Waals surface area contributed by atoms with E-state index in [0.717, 1.165) is 26.1 Å². The molecule has 0 aromatic carbocycles. The summed E-state index contributed by atoms with van der Waals surface area (Å²) in [4.78, 5) is 2.48. The predicted molar refractivity (Wildman–Crippen MR) is 54.7 cm³/mol. The highest BCUT2D eigenvalue weighted by atomic mass is 16.5. The highest BCUT2D eigenvalue weighted by molar-refractivity contribution is 4.75. The van der Waals surface area contributed by atoms with Crippen molar-refractivity contribution in [2.75, 3.05) is 26.2 Å². The maximum Gasteiger partial charge on any atom is 0.0718 e. The summed E-state index contributed by atoms with van der Waals surface area (Å²) in [6.07, 6.45) is 2.95. The van der Waals surface area contributed by atoms with Gasteiger partial charge in [-0.15, -0.1) is 0 Å². The van der Waals surface area contributed by atoms with Crippen LogP contribution in [0.3, 0.4) is 0 Å². The van der Waals surface area contributed by atoms with Crippen LogP contribution in [-0.2, 0) is 4.74 Å². The fraction of sp³-hybridized carbons (Fsp3) is 1.00. The van der Waals surface area contributed by atoms with Crippen LogP contribution in [0.1, 0.15) is 26.7 Å². The van der Waals surface area contributed by atoms with Crippen LogP contribution in [0.4, 0.5) is 0 Å². The summed E-state index contributed by atoms with van der Waals surface area (Å²) >= 11 is 0. The van der Waals surface area contributed by atoms with E-state index in [-0.39, 0.29) is 0 Å². The van der Waals surface area contributed by atoms with Gasteiger partial charge >= 0.3 is 0 Å². The van der Waals surface area contributed by atoms with Crippen molar-refractivity contribution in [3.05, 3.63) is 0 Å². The van der Waals surface area contributed by atoms with Crippen LogP contribution in [0, 0.1) is 0 Å². The molecule has 0 aromatic rings. The zero-order valence-electron chi connectivity index (χ0n) is 8.83. The zero-order chi connectivity index (χ0) is 9.68. The molecule has 2 N–H and O–H groups in total. The number of nitrogens with two attached hydrogens (primary N) is 1. The summed E-state index contributed by atoms with van der Waals surface area (Å²) in [5.41, 5.74) is 5.53. The average molecular weight is 186 g/mol. The number of hydrogen-bond acceptors (Lipinski definition) is 3. The number of ether oxygens (including phenoxy) is 1. The molecule has 2 atom stereocenters. The lowest BCUT2D eigenvalue weighted by Gasteiger charge is -2.36. The first-order chi connectivity index (χ1) is 6.26. The van der Waals surface area contributed by atoms with Crippen LogP contribution >= 0.6 is 0 Å². The Morgan fingerprint density at radius 3 is 2.85 bits per heavy atom. The maximum atomic E-state index is 5.78. The summed E-state index contributed by atoms with van der Waals surface area (Å²) < 4.78 is 5.78. The van der Waals surface area contributed by atoms with Gasteiger partial charge in [-0.2, -0.15) is 0 Å². The number of nitrogens with zero attached hydrogens (tertiary/aromatic N) is 1. The van der Waals surface area contributed by atoms with Gasteiger partial charge in [0.15, 0.2) is 0 Å². The Balaban J connectivity index is 2.33. The summed E-state index contributed by atoms with van der Waals surface area (Å²) in [6.45, 7) is 8.43. The molecule has 3 nitrogen and oxygen atoms in total. The van der Waals surface area contributed by atoms with Crippen LogP contribution in [0.2, 0.25) is 0 Å². The van der Waals surface area contributed by atoms with Crippen molar-refractivity contribution in [2.45, 2.75) is 38.9 Å². The molecule has 1 rings (SSSR count). The molecule has 1 saturated heterocycles. The molecule has 2 unspecified atom stereocenters. The topological polar surface area (TPSA) is 38.5 Å². The van der Waals surface area contributed by atoms with E-state index in [1.165, 1.54) is 13.0 Å². The van der Waals surface area contributed by atoms with Crippen molar-refractivity contribution < 1.29 is 4.74 Å². The third-order valence-corrected chi connectivity index (χ3v) is 2.43. The highest BCUT2D eigenvalue weighted by Gasteiger charge is 2.23. The normalized spacial score (nSPS) is 30.7. The summed E-state index contributed by atoms with van der Waals surface area (Å²) in [6, 6.07) is 0. The van der Waals surface area contributed by atoms with Gasteiger partial charge in [-0.25, -0.2) is 0 Å².